The maximum absolute atomic E-state index is 12.3. The van der Waals surface area contributed by atoms with Gasteiger partial charge >= 0.3 is 0 Å². The van der Waals surface area contributed by atoms with Crippen LogP contribution in [0, 0.1) is 24.0 Å². The highest BCUT2D eigenvalue weighted by atomic mass is 79.9. The maximum atomic E-state index is 12.3. The number of halogens is 1. The van der Waals surface area contributed by atoms with Gasteiger partial charge in [0, 0.05) is 36.5 Å². The first-order valence-corrected chi connectivity index (χ1v) is 9.75. The third-order valence-electron chi connectivity index (χ3n) is 4.39. The standard InChI is InChI=1S/C20H20BrN5O3/c1-13-19(21)14(2)25(24-13)17-7-3-15(4-8-17)20(27)23-12-11-22-16-5-9-18(10-6-16)26(28)29/h3-10,22H,11-12H2,1-2H3,(H,23,27). The summed E-state index contributed by atoms with van der Waals surface area (Å²) >= 11 is 3.51. The Kier molecular flexibility index (Phi) is 6.28. The van der Waals surface area contributed by atoms with E-state index >= 15 is 0 Å². The van der Waals surface area contributed by atoms with Gasteiger partial charge in [-0.3, -0.25) is 14.9 Å². The van der Waals surface area contributed by atoms with Crippen LogP contribution in [0.4, 0.5) is 11.4 Å². The molecule has 2 aromatic carbocycles. The Morgan fingerprint density at radius 1 is 1.10 bits per heavy atom. The molecule has 150 valence electrons. The van der Waals surface area contributed by atoms with E-state index in [1.807, 2.05) is 30.7 Å². The number of anilines is 1. The third-order valence-corrected chi connectivity index (χ3v) is 5.54. The summed E-state index contributed by atoms with van der Waals surface area (Å²) in [6, 6.07) is 13.4. The number of nitrogens with zero attached hydrogens (tertiary/aromatic N) is 3. The van der Waals surface area contributed by atoms with Gasteiger partial charge in [0.2, 0.25) is 0 Å². The molecule has 0 aliphatic rings. The van der Waals surface area contributed by atoms with Crippen LogP contribution in [0.25, 0.3) is 5.69 Å². The Labute approximate surface area is 176 Å². The monoisotopic (exact) mass is 457 g/mol. The molecule has 0 unspecified atom stereocenters. The van der Waals surface area contributed by atoms with Crippen LogP contribution in [0.15, 0.2) is 53.0 Å². The van der Waals surface area contributed by atoms with Gasteiger partial charge in [-0.1, -0.05) is 0 Å². The van der Waals surface area contributed by atoms with Crippen LogP contribution in [0.1, 0.15) is 21.7 Å². The fourth-order valence-corrected chi connectivity index (χ4v) is 3.06. The Bertz CT molecular complexity index is 1030. The minimum Gasteiger partial charge on any atom is -0.383 e. The first-order valence-electron chi connectivity index (χ1n) is 8.95. The molecule has 29 heavy (non-hydrogen) atoms. The second kappa shape index (κ2) is 8.87. The molecule has 0 fully saturated rings. The van der Waals surface area contributed by atoms with Crippen molar-refractivity contribution in [2.75, 3.05) is 18.4 Å². The van der Waals surface area contributed by atoms with Crippen molar-refractivity contribution in [1.29, 1.82) is 0 Å². The van der Waals surface area contributed by atoms with Crippen molar-refractivity contribution in [3.05, 3.63) is 80.1 Å². The van der Waals surface area contributed by atoms with Crippen LogP contribution in [0.2, 0.25) is 0 Å². The number of aromatic nitrogens is 2. The van der Waals surface area contributed by atoms with E-state index in [1.165, 1.54) is 12.1 Å². The predicted octanol–water partition coefficient (Wildman–Crippen LogP) is 4.00. The summed E-state index contributed by atoms with van der Waals surface area (Å²) in [5, 5.41) is 21.1. The molecular weight excluding hydrogens is 438 g/mol. The maximum Gasteiger partial charge on any atom is 0.269 e. The molecule has 3 aromatic rings. The third kappa shape index (κ3) is 4.80. The van der Waals surface area contributed by atoms with Gasteiger partial charge in [-0.05, 0) is 66.2 Å². The molecule has 2 N–H and O–H groups in total. The summed E-state index contributed by atoms with van der Waals surface area (Å²) in [4.78, 5) is 22.5. The van der Waals surface area contributed by atoms with Crippen molar-refractivity contribution in [3.63, 3.8) is 0 Å². The van der Waals surface area contributed by atoms with Gasteiger partial charge in [0.1, 0.15) is 0 Å². The number of nitro benzene ring substituents is 1. The summed E-state index contributed by atoms with van der Waals surface area (Å²) in [5.74, 6) is -0.170. The summed E-state index contributed by atoms with van der Waals surface area (Å²) in [6.45, 7) is 4.83. The van der Waals surface area contributed by atoms with Crippen molar-refractivity contribution in [2.24, 2.45) is 0 Å². The van der Waals surface area contributed by atoms with Crippen molar-refractivity contribution in [1.82, 2.24) is 15.1 Å². The molecule has 8 nitrogen and oxygen atoms in total. The van der Waals surface area contributed by atoms with E-state index in [-0.39, 0.29) is 11.6 Å². The lowest BCUT2D eigenvalue weighted by atomic mass is 10.2. The molecule has 1 aromatic heterocycles. The molecule has 0 saturated heterocycles. The fraction of sp³-hybridized carbons (Fsp3) is 0.200. The zero-order valence-electron chi connectivity index (χ0n) is 16.0. The molecule has 1 heterocycles. The van der Waals surface area contributed by atoms with Crippen LogP contribution in [-0.2, 0) is 0 Å². The fourth-order valence-electron chi connectivity index (χ4n) is 2.81. The van der Waals surface area contributed by atoms with Crippen LogP contribution in [-0.4, -0.2) is 33.7 Å². The Morgan fingerprint density at radius 3 is 2.31 bits per heavy atom. The normalized spacial score (nSPS) is 10.6. The second-order valence-electron chi connectivity index (χ2n) is 6.43. The van der Waals surface area contributed by atoms with Gasteiger partial charge in [0.25, 0.3) is 11.6 Å². The Morgan fingerprint density at radius 2 is 1.76 bits per heavy atom. The van der Waals surface area contributed by atoms with E-state index in [2.05, 4.69) is 31.7 Å². The minimum absolute atomic E-state index is 0.0418. The molecule has 0 saturated carbocycles. The highest BCUT2D eigenvalue weighted by Crippen LogP contribution is 2.23. The van der Waals surface area contributed by atoms with Gasteiger partial charge in [-0.25, -0.2) is 4.68 Å². The van der Waals surface area contributed by atoms with E-state index in [9.17, 15) is 14.9 Å². The lowest BCUT2D eigenvalue weighted by Gasteiger charge is -2.09. The first kappa shape index (κ1) is 20.5. The summed E-state index contributed by atoms with van der Waals surface area (Å²) in [6.07, 6.45) is 0. The average Bonchev–Trinajstić information content (AvgIpc) is 2.99. The van der Waals surface area contributed by atoms with Crippen molar-refractivity contribution in [3.8, 4) is 5.69 Å². The molecule has 1 amide bonds. The molecule has 0 aliphatic heterocycles. The lowest BCUT2D eigenvalue weighted by molar-refractivity contribution is -0.384. The van der Waals surface area contributed by atoms with E-state index in [0.717, 1.165) is 27.2 Å². The molecule has 0 bridgehead atoms. The second-order valence-corrected chi connectivity index (χ2v) is 7.22. The summed E-state index contributed by atoms with van der Waals surface area (Å²) in [5.41, 5.74) is 4.14. The number of carbonyl (C=O) groups is 1. The molecule has 3 rings (SSSR count). The van der Waals surface area contributed by atoms with Crippen LogP contribution >= 0.6 is 15.9 Å². The van der Waals surface area contributed by atoms with Crippen LogP contribution < -0.4 is 10.6 Å². The minimum atomic E-state index is -0.442. The quantitative estimate of drug-likeness (QED) is 0.317. The first-order chi connectivity index (χ1) is 13.9. The average molecular weight is 458 g/mol. The number of carbonyl (C=O) groups excluding carboxylic acids is 1. The number of nitro groups is 1. The van der Waals surface area contributed by atoms with Crippen LogP contribution in [0.5, 0.6) is 0 Å². The molecule has 0 radical (unpaired) electrons. The van der Waals surface area contributed by atoms with E-state index in [0.29, 0.717) is 18.7 Å². The number of amides is 1. The van der Waals surface area contributed by atoms with Crippen LogP contribution in [0.3, 0.4) is 0 Å². The number of hydrogen-bond acceptors (Lipinski definition) is 5. The Hall–Kier alpha value is -3.20. The highest BCUT2D eigenvalue weighted by Gasteiger charge is 2.11. The van der Waals surface area contributed by atoms with Crippen molar-refractivity contribution >= 4 is 33.2 Å². The van der Waals surface area contributed by atoms with E-state index in [1.54, 1.807) is 24.3 Å². The largest absolute Gasteiger partial charge is 0.383 e. The molecular formula is C20H20BrN5O3. The molecule has 9 heteroatoms. The van der Waals surface area contributed by atoms with Gasteiger partial charge < -0.3 is 10.6 Å². The number of benzene rings is 2. The number of non-ortho nitro benzene ring substituents is 1. The van der Waals surface area contributed by atoms with Crippen molar-refractivity contribution < 1.29 is 9.72 Å². The van der Waals surface area contributed by atoms with E-state index in [4.69, 9.17) is 0 Å². The predicted molar refractivity (Wildman–Crippen MR) is 115 cm³/mol. The highest BCUT2D eigenvalue weighted by molar-refractivity contribution is 9.10. The summed E-state index contributed by atoms with van der Waals surface area (Å²) < 4.78 is 2.80. The zero-order chi connectivity index (χ0) is 21.0. The number of hydrogen-bond donors (Lipinski definition) is 2. The molecule has 0 atom stereocenters. The number of rotatable bonds is 7. The number of aryl methyl sites for hydroxylation is 1. The van der Waals surface area contributed by atoms with E-state index < -0.39 is 4.92 Å². The Balaban J connectivity index is 1.52. The van der Waals surface area contributed by atoms with Gasteiger partial charge in [0.15, 0.2) is 0 Å². The van der Waals surface area contributed by atoms with Gasteiger partial charge in [0.05, 0.1) is 26.5 Å². The van der Waals surface area contributed by atoms with Gasteiger partial charge in [-0.2, -0.15) is 5.10 Å². The topological polar surface area (TPSA) is 102 Å². The van der Waals surface area contributed by atoms with Gasteiger partial charge in [-0.15, -0.1) is 0 Å². The number of nitrogens with one attached hydrogen (secondary N) is 2. The zero-order valence-corrected chi connectivity index (χ0v) is 17.6. The molecule has 0 spiro atoms. The SMILES string of the molecule is Cc1nn(-c2ccc(C(=O)NCCNc3ccc([N+](=O)[O-])cc3)cc2)c(C)c1Br. The van der Waals surface area contributed by atoms with Crippen molar-refractivity contribution in [2.45, 2.75) is 13.8 Å². The smallest absolute Gasteiger partial charge is 0.269 e. The molecule has 0 aliphatic carbocycles. The summed E-state index contributed by atoms with van der Waals surface area (Å²) in [7, 11) is 0. The lowest BCUT2D eigenvalue weighted by Crippen LogP contribution is -2.28.